The Hall–Kier alpha value is -2.22. The van der Waals surface area contributed by atoms with E-state index in [4.69, 9.17) is 10.6 Å². The van der Waals surface area contributed by atoms with E-state index in [1.54, 1.807) is 0 Å². The van der Waals surface area contributed by atoms with E-state index in [-0.39, 0.29) is 17.9 Å². The summed E-state index contributed by atoms with van der Waals surface area (Å²) in [6.45, 7) is 6.75. The second kappa shape index (κ2) is 9.73. The van der Waals surface area contributed by atoms with Crippen LogP contribution < -0.4 is 10.6 Å². The first-order chi connectivity index (χ1) is 14.3. The fourth-order valence-corrected chi connectivity index (χ4v) is 4.40. The van der Waals surface area contributed by atoms with Gasteiger partial charge in [0.2, 0.25) is 11.1 Å². The van der Waals surface area contributed by atoms with Gasteiger partial charge in [-0.1, -0.05) is 63.9 Å². The maximum Gasteiger partial charge on any atom is 0.233 e. The van der Waals surface area contributed by atoms with Crippen molar-refractivity contribution in [2.24, 2.45) is 0 Å². The Morgan fingerprint density at radius 2 is 1.87 bits per heavy atom. The van der Waals surface area contributed by atoms with E-state index in [0.29, 0.717) is 22.8 Å². The summed E-state index contributed by atoms with van der Waals surface area (Å²) in [4.78, 5) is 14.4. The van der Waals surface area contributed by atoms with Gasteiger partial charge in [0.25, 0.3) is 0 Å². The third-order valence-corrected chi connectivity index (χ3v) is 6.59. The molecule has 1 fully saturated rings. The van der Waals surface area contributed by atoms with Crippen LogP contribution in [-0.2, 0) is 16.8 Å². The fraction of sp³-hybridized carbons (Fsp3) is 0.591. The molecule has 164 valence electrons. The van der Waals surface area contributed by atoms with Gasteiger partial charge in [-0.15, -0.1) is 10.2 Å². The van der Waals surface area contributed by atoms with Gasteiger partial charge in [0.05, 0.1) is 5.75 Å². The number of amides is 1. The lowest BCUT2D eigenvalue weighted by molar-refractivity contribution is -0.129. The number of hydrogen-bond donors (Lipinski definition) is 1. The van der Waals surface area contributed by atoms with Crippen LogP contribution in [0.3, 0.4) is 0 Å². The number of carbonyl (C=O) groups is 1. The Bertz CT molecular complexity index is 838. The van der Waals surface area contributed by atoms with Crippen LogP contribution in [0.1, 0.15) is 64.3 Å². The van der Waals surface area contributed by atoms with Crippen molar-refractivity contribution >= 4 is 17.7 Å². The van der Waals surface area contributed by atoms with E-state index in [1.165, 1.54) is 41.3 Å². The topological polar surface area (TPSA) is 86.3 Å². The predicted octanol–water partition coefficient (Wildman–Crippen LogP) is 3.75. The molecule has 1 aliphatic rings. The van der Waals surface area contributed by atoms with Crippen molar-refractivity contribution in [2.45, 2.75) is 76.1 Å². The lowest BCUT2D eigenvalue weighted by Gasteiger charge is -2.31. The Kier molecular flexibility index (Phi) is 7.28. The number of nitrogens with two attached hydrogens (primary N) is 1. The molecule has 0 spiro atoms. The summed E-state index contributed by atoms with van der Waals surface area (Å²) in [5.74, 6) is 7.80. The molecule has 1 aromatic carbocycles. The van der Waals surface area contributed by atoms with Gasteiger partial charge >= 0.3 is 0 Å². The third-order valence-electron chi connectivity index (χ3n) is 5.66. The Morgan fingerprint density at radius 3 is 2.50 bits per heavy atom. The third kappa shape index (κ3) is 5.68. The molecule has 0 radical (unpaired) electrons. The van der Waals surface area contributed by atoms with Crippen LogP contribution in [0.5, 0.6) is 5.75 Å². The first-order valence-electron chi connectivity index (χ1n) is 10.6. The summed E-state index contributed by atoms with van der Waals surface area (Å²) in [5.41, 5.74) is 1.35. The molecule has 0 atom stereocenters. The van der Waals surface area contributed by atoms with E-state index >= 15 is 0 Å². The second-order valence-corrected chi connectivity index (χ2v) is 9.86. The largest absolute Gasteiger partial charge is 0.486 e. The van der Waals surface area contributed by atoms with Gasteiger partial charge in [-0.3, -0.25) is 4.79 Å². The summed E-state index contributed by atoms with van der Waals surface area (Å²) in [6, 6.07) is 8.40. The number of rotatable bonds is 7. The SMILES string of the molecule is CN(C(=O)CSc1nnc(COc2ccc(C(C)(C)C)cc2)n1N)C1CCCCC1. The molecule has 0 aliphatic heterocycles. The number of carbonyl (C=O) groups excluding carboxylic acids is 1. The van der Waals surface area contributed by atoms with Gasteiger partial charge in [-0.05, 0) is 36.0 Å². The minimum atomic E-state index is 0.102. The van der Waals surface area contributed by atoms with E-state index in [2.05, 4.69) is 43.1 Å². The minimum absolute atomic E-state index is 0.102. The zero-order chi connectivity index (χ0) is 21.7. The average molecular weight is 432 g/mol. The molecule has 3 rings (SSSR count). The molecule has 0 bridgehead atoms. The van der Waals surface area contributed by atoms with Gasteiger partial charge in [0, 0.05) is 13.1 Å². The lowest BCUT2D eigenvalue weighted by atomic mass is 9.87. The number of nitrogen functional groups attached to an aromatic ring is 1. The van der Waals surface area contributed by atoms with Gasteiger partial charge in [-0.2, -0.15) is 0 Å². The van der Waals surface area contributed by atoms with Crippen molar-refractivity contribution < 1.29 is 9.53 Å². The van der Waals surface area contributed by atoms with Crippen LogP contribution in [0.2, 0.25) is 0 Å². The lowest BCUT2D eigenvalue weighted by Crippen LogP contribution is -2.39. The van der Waals surface area contributed by atoms with Crippen molar-refractivity contribution in [1.82, 2.24) is 19.8 Å². The molecule has 1 saturated carbocycles. The highest BCUT2D eigenvalue weighted by Gasteiger charge is 2.23. The molecule has 30 heavy (non-hydrogen) atoms. The van der Waals surface area contributed by atoms with Crippen LogP contribution in [0.4, 0.5) is 0 Å². The molecule has 8 heteroatoms. The van der Waals surface area contributed by atoms with Crippen LogP contribution in [-0.4, -0.2) is 44.5 Å². The molecular weight excluding hydrogens is 398 g/mol. The molecule has 7 nitrogen and oxygen atoms in total. The number of thioether (sulfide) groups is 1. The van der Waals surface area contributed by atoms with Gasteiger partial charge < -0.3 is 15.5 Å². The summed E-state index contributed by atoms with van der Waals surface area (Å²) >= 11 is 1.31. The van der Waals surface area contributed by atoms with E-state index < -0.39 is 0 Å². The van der Waals surface area contributed by atoms with E-state index in [1.807, 2.05) is 24.1 Å². The predicted molar refractivity (Wildman–Crippen MR) is 120 cm³/mol. The first kappa shape index (κ1) is 22.5. The highest BCUT2D eigenvalue weighted by molar-refractivity contribution is 7.99. The smallest absolute Gasteiger partial charge is 0.233 e. The van der Waals surface area contributed by atoms with Crippen LogP contribution in [0.15, 0.2) is 29.4 Å². The first-order valence-corrected chi connectivity index (χ1v) is 11.6. The zero-order valence-electron chi connectivity index (χ0n) is 18.4. The number of nitrogens with zero attached hydrogens (tertiary/aromatic N) is 4. The second-order valence-electron chi connectivity index (χ2n) is 8.92. The highest BCUT2D eigenvalue weighted by Crippen LogP contribution is 2.25. The standard InChI is InChI=1S/C22H33N5O2S/c1-22(2,3)16-10-12-18(13-11-16)29-14-19-24-25-21(27(19)23)30-15-20(28)26(4)17-8-6-5-7-9-17/h10-13,17H,5-9,14-15,23H2,1-4H3. The van der Waals surface area contributed by atoms with Crippen molar-refractivity contribution in [3.05, 3.63) is 35.7 Å². The summed E-state index contributed by atoms with van der Waals surface area (Å²) in [7, 11) is 1.90. The summed E-state index contributed by atoms with van der Waals surface area (Å²) < 4.78 is 7.21. The average Bonchev–Trinajstić information content (AvgIpc) is 3.09. The molecule has 1 aliphatic carbocycles. The van der Waals surface area contributed by atoms with Gasteiger partial charge in [-0.25, -0.2) is 4.68 Å². The van der Waals surface area contributed by atoms with Crippen molar-refractivity contribution in [3.63, 3.8) is 0 Å². The van der Waals surface area contributed by atoms with Gasteiger partial charge in [0.15, 0.2) is 5.82 Å². The van der Waals surface area contributed by atoms with Crippen molar-refractivity contribution in [2.75, 3.05) is 18.6 Å². The van der Waals surface area contributed by atoms with E-state index in [9.17, 15) is 4.79 Å². The molecule has 1 heterocycles. The molecule has 2 aromatic rings. The highest BCUT2D eigenvalue weighted by atomic mass is 32.2. The quantitative estimate of drug-likeness (QED) is 0.531. The van der Waals surface area contributed by atoms with E-state index in [0.717, 1.165) is 18.6 Å². The number of benzene rings is 1. The van der Waals surface area contributed by atoms with Crippen molar-refractivity contribution in [3.8, 4) is 5.75 Å². The normalized spacial score (nSPS) is 15.2. The maximum absolute atomic E-state index is 12.5. The summed E-state index contributed by atoms with van der Waals surface area (Å²) in [5, 5.41) is 8.75. The Labute approximate surface area is 183 Å². The number of ether oxygens (including phenoxy) is 1. The van der Waals surface area contributed by atoms with Crippen LogP contribution >= 0.6 is 11.8 Å². The maximum atomic E-state index is 12.5. The van der Waals surface area contributed by atoms with Crippen LogP contribution in [0, 0.1) is 0 Å². The molecule has 0 unspecified atom stereocenters. The molecule has 2 N–H and O–H groups in total. The monoisotopic (exact) mass is 431 g/mol. The van der Waals surface area contributed by atoms with Crippen molar-refractivity contribution in [1.29, 1.82) is 0 Å². The van der Waals surface area contributed by atoms with Crippen LogP contribution in [0.25, 0.3) is 0 Å². The van der Waals surface area contributed by atoms with Gasteiger partial charge in [0.1, 0.15) is 12.4 Å². The molecule has 0 saturated heterocycles. The molecule has 1 aromatic heterocycles. The number of hydrogen-bond acceptors (Lipinski definition) is 6. The zero-order valence-corrected chi connectivity index (χ0v) is 19.2. The molecule has 1 amide bonds. The number of aromatic nitrogens is 3. The summed E-state index contributed by atoms with van der Waals surface area (Å²) in [6.07, 6.45) is 5.87. The Balaban J connectivity index is 1.51. The minimum Gasteiger partial charge on any atom is -0.486 e. The fourth-order valence-electron chi connectivity index (χ4n) is 3.60. The Morgan fingerprint density at radius 1 is 1.20 bits per heavy atom. The molecular formula is C22H33N5O2S.